The Labute approximate surface area is 171 Å². The lowest BCUT2D eigenvalue weighted by Gasteiger charge is -2.29. The molecule has 3 rings (SSSR count). The Morgan fingerprint density at radius 2 is 1.72 bits per heavy atom. The number of hydrogen-bond acceptors (Lipinski definition) is 7. The van der Waals surface area contributed by atoms with Crippen molar-refractivity contribution in [3.8, 4) is 11.5 Å². The molecule has 8 nitrogen and oxygen atoms in total. The van der Waals surface area contributed by atoms with Gasteiger partial charge in [0.15, 0.2) is 11.5 Å². The van der Waals surface area contributed by atoms with E-state index in [0.29, 0.717) is 29.1 Å². The minimum Gasteiger partial charge on any atom is -0.493 e. The summed E-state index contributed by atoms with van der Waals surface area (Å²) in [5, 5.41) is 6.55. The van der Waals surface area contributed by atoms with Crippen molar-refractivity contribution < 1.29 is 14.3 Å². The minimum atomic E-state index is -0.0932. The molecule has 29 heavy (non-hydrogen) atoms. The number of nitrogens with one attached hydrogen (secondary N) is 2. The number of amides is 1. The first-order valence-electron chi connectivity index (χ1n) is 9.80. The summed E-state index contributed by atoms with van der Waals surface area (Å²) >= 11 is 0. The summed E-state index contributed by atoms with van der Waals surface area (Å²) in [6, 6.07) is 7.54. The van der Waals surface area contributed by atoms with Crippen LogP contribution in [0.3, 0.4) is 0 Å². The normalized spacial score (nSPS) is 18.6. The largest absolute Gasteiger partial charge is 0.493 e. The average Bonchev–Trinajstić information content (AvgIpc) is 2.74. The van der Waals surface area contributed by atoms with Crippen molar-refractivity contribution >= 4 is 17.7 Å². The summed E-state index contributed by atoms with van der Waals surface area (Å²) < 4.78 is 10.5. The molecule has 0 radical (unpaired) electrons. The van der Waals surface area contributed by atoms with E-state index in [1.54, 1.807) is 38.6 Å². The zero-order valence-corrected chi connectivity index (χ0v) is 17.4. The van der Waals surface area contributed by atoms with Crippen molar-refractivity contribution in [1.82, 2.24) is 15.3 Å². The number of nitrogens with zero attached hydrogens (tertiary/aromatic N) is 3. The molecule has 1 heterocycles. The number of hydrogen-bond donors (Lipinski definition) is 2. The second-order valence-corrected chi connectivity index (χ2v) is 7.37. The van der Waals surface area contributed by atoms with Crippen molar-refractivity contribution in [3.63, 3.8) is 0 Å². The first kappa shape index (κ1) is 20.7. The van der Waals surface area contributed by atoms with Gasteiger partial charge in [0.2, 0.25) is 5.95 Å². The predicted octanol–water partition coefficient (Wildman–Crippen LogP) is 2.71. The molecule has 0 unspecified atom stereocenters. The molecular formula is C21H29N5O3. The van der Waals surface area contributed by atoms with Gasteiger partial charge in [0.1, 0.15) is 5.82 Å². The molecule has 2 N–H and O–H groups in total. The first-order chi connectivity index (χ1) is 14.0. The van der Waals surface area contributed by atoms with Crippen molar-refractivity contribution in [3.05, 3.63) is 36.0 Å². The third kappa shape index (κ3) is 5.28. The van der Waals surface area contributed by atoms with Gasteiger partial charge in [-0.2, -0.15) is 4.98 Å². The highest BCUT2D eigenvalue weighted by Gasteiger charge is 2.23. The Balaban J connectivity index is 1.52. The molecule has 8 heteroatoms. The number of anilines is 2. The van der Waals surface area contributed by atoms with E-state index in [-0.39, 0.29) is 11.9 Å². The van der Waals surface area contributed by atoms with Gasteiger partial charge in [-0.25, -0.2) is 4.98 Å². The molecule has 0 spiro atoms. The van der Waals surface area contributed by atoms with Crippen molar-refractivity contribution in [2.45, 2.75) is 37.8 Å². The third-order valence-corrected chi connectivity index (χ3v) is 5.14. The molecule has 1 aromatic carbocycles. The maximum absolute atomic E-state index is 12.6. The van der Waals surface area contributed by atoms with Gasteiger partial charge < -0.3 is 25.0 Å². The van der Waals surface area contributed by atoms with E-state index in [4.69, 9.17) is 9.47 Å². The molecule has 0 bridgehead atoms. The number of rotatable bonds is 7. The molecule has 1 amide bonds. The van der Waals surface area contributed by atoms with Crippen LogP contribution >= 0.6 is 0 Å². The fourth-order valence-electron chi connectivity index (χ4n) is 3.48. The van der Waals surface area contributed by atoms with E-state index in [0.717, 1.165) is 31.5 Å². The van der Waals surface area contributed by atoms with Crippen LogP contribution in [0.4, 0.5) is 11.8 Å². The van der Waals surface area contributed by atoms with Crippen LogP contribution in [0.25, 0.3) is 0 Å². The molecule has 1 saturated carbocycles. The smallest absolute Gasteiger partial charge is 0.251 e. The molecule has 0 atom stereocenters. The SMILES string of the molecule is COc1ccc(C(=O)NC2CCC(Nc3nccc(N(C)C)n3)CC2)cc1OC. The summed E-state index contributed by atoms with van der Waals surface area (Å²) in [5.41, 5.74) is 0.566. The minimum absolute atomic E-state index is 0.0932. The topological polar surface area (TPSA) is 88.6 Å². The van der Waals surface area contributed by atoms with E-state index < -0.39 is 0 Å². The van der Waals surface area contributed by atoms with Crippen LogP contribution in [-0.4, -0.2) is 56.3 Å². The summed E-state index contributed by atoms with van der Waals surface area (Å²) in [6.45, 7) is 0. The lowest BCUT2D eigenvalue weighted by atomic mass is 9.91. The van der Waals surface area contributed by atoms with Crippen LogP contribution in [0, 0.1) is 0 Å². The first-order valence-corrected chi connectivity index (χ1v) is 9.80. The van der Waals surface area contributed by atoms with E-state index in [9.17, 15) is 4.79 Å². The Bertz CT molecular complexity index is 835. The van der Waals surface area contributed by atoms with Gasteiger partial charge in [0, 0.05) is 37.9 Å². The summed E-state index contributed by atoms with van der Waals surface area (Å²) in [5.74, 6) is 2.58. The van der Waals surface area contributed by atoms with E-state index >= 15 is 0 Å². The van der Waals surface area contributed by atoms with Gasteiger partial charge in [-0.3, -0.25) is 4.79 Å². The van der Waals surface area contributed by atoms with Crippen molar-refractivity contribution in [2.24, 2.45) is 0 Å². The zero-order valence-electron chi connectivity index (χ0n) is 17.4. The lowest BCUT2D eigenvalue weighted by molar-refractivity contribution is 0.0926. The molecule has 1 fully saturated rings. The second-order valence-electron chi connectivity index (χ2n) is 7.37. The summed E-state index contributed by atoms with van der Waals surface area (Å²) in [6.07, 6.45) is 5.48. The summed E-state index contributed by atoms with van der Waals surface area (Å²) in [4.78, 5) is 23.4. The Morgan fingerprint density at radius 3 is 2.38 bits per heavy atom. The lowest BCUT2D eigenvalue weighted by Crippen LogP contribution is -2.40. The number of methoxy groups -OCH3 is 2. The molecule has 1 aliphatic carbocycles. The molecule has 156 valence electrons. The van der Waals surface area contributed by atoms with Crippen LogP contribution in [0.1, 0.15) is 36.0 Å². The van der Waals surface area contributed by atoms with Gasteiger partial charge in [-0.1, -0.05) is 0 Å². The van der Waals surface area contributed by atoms with E-state index in [1.165, 1.54) is 0 Å². The fourth-order valence-corrected chi connectivity index (χ4v) is 3.48. The standard InChI is InChI=1S/C21H29N5O3/c1-26(2)19-11-12-22-21(25-19)24-16-8-6-15(7-9-16)23-20(27)14-5-10-17(28-3)18(13-14)29-4/h5,10-13,15-16H,6-9H2,1-4H3,(H,23,27)(H,22,24,25). The monoisotopic (exact) mass is 399 g/mol. The maximum atomic E-state index is 12.6. The van der Waals surface area contributed by atoms with E-state index in [1.807, 2.05) is 25.1 Å². The highest BCUT2D eigenvalue weighted by molar-refractivity contribution is 5.95. The zero-order chi connectivity index (χ0) is 20.8. The van der Waals surface area contributed by atoms with Crippen LogP contribution in [0.5, 0.6) is 11.5 Å². The number of aromatic nitrogens is 2. The van der Waals surface area contributed by atoms with Crippen LogP contribution in [0.2, 0.25) is 0 Å². The third-order valence-electron chi connectivity index (χ3n) is 5.14. The number of ether oxygens (including phenoxy) is 2. The quantitative estimate of drug-likeness (QED) is 0.740. The Kier molecular flexibility index (Phi) is 6.74. The van der Waals surface area contributed by atoms with E-state index in [2.05, 4.69) is 20.6 Å². The molecular weight excluding hydrogens is 370 g/mol. The van der Waals surface area contributed by atoms with Gasteiger partial charge in [0.25, 0.3) is 5.91 Å². The maximum Gasteiger partial charge on any atom is 0.251 e. The van der Waals surface area contributed by atoms with Crippen LogP contribution < -0.4 is 25.0 Å². The summed E-state index contributed by atoms with van der Waals surface area (Å²) in [7, 11) is 7.05. The number of carbonyl (C=O) groups is 1. The fraction of sp³-hybridized carbons (Fsp3) is 0.476. The Hall–Kier alpha value is -3.03. The molecule has 1 aliphatic rings. The van der Waals surface area contributed by atoms with Gasteiger partial charge in [0.05, 0.1) is 14.2 Å². The average molecular weight is 399 g/mol. The van der Waals surface area contributed by atoms with Gasteiger partial charge in [-0.05, 0) is 49.9 Å². The molecule has 1 aromatic heterocycles. The van der Waals surface area contributed by atoms with Gasteiger partial charge in [-0.15, -0.1) is 0 Å². The highest BCUT2D eigenvalue weighted by Crippen LogP contribution is 2.28. The predicted molar refractivity (Wildman–Crippen MR) is 113 cm³/mol. The second kappa shape index (κ2) is 9.45. The van der Waals surface area contributed by atoms with Gasteiger partial charge >= 0.3 is 0 Å². The molecule has 0 aliphatic heterocycles. The van der Waals surface area contributed by atoms with Crippen LogP contribution in [-0.2, 0) is 0 Å². The number of carbonyl (C=O) groups excluding carboxylic acids is 1. The van der Waals surface area contributed by atoms with Crippen LogP contribution in [0.15, 0.2) is 30.5 Å². The highest BCUT2D eigenvalue weighted by atomic mass is 16.5. The molecule has 0 saturated heterocycles. The Morgan fingerprint density at radius 1 is 1.03 bits per heavy atom. The molecule has 2 aromatic rings. The van der Waals surface area contributed by atoms with Crippen molar-refractivity contribution in [1.29, 1.82) is 0 Å². The number of benzene rings is 1. The van der Waals surface area contributed by atoms with Crippen molar-refractivity contribution in [2.75, 3.05) is 38.5 Å².